The Balaban J connectivity index is 1.68. The zero-order valence-corrected chi connectivity index (χ0v) is 14.4. The van der Waals surface area contributed by atoms with E-state index >= 15 is 0 Å². The third-order valence-corrected chi connectivity index (χ3v) is 5.09. The molecule has 0 radical (unpaired) electrons. The quantitative estimate of drug-likeness (QED) is 0.867. The number of rotatable bonds is 4. The van der Waals surface area contributed by atoms with Crippen LogP contribution in [0.4, 0.5) is 0 Å². The molecular weight excluding hydrogens is 312 g/mol. The van der Waals surface area contributed by atoms with Gasteiger partial charge in [0.15, 0.2) is 5.69 Å². The van der Waals surface area contributed by atoms with Crippen LogP contribution in [-0.2, 0) is 6.54 Å². The molecular formula is C15H22N6OS. The molecule has 1 saturated carbocycles. The van der Waals surface area contributed by atoms with E-state index in [0.717, 1.165) is 29.9 Å². The van der Waals surface area contributed by atoms with Gasteiger partial charge in [-0.15, -0.1) is 5.10 Å². The summed E-state index contributed by atoms with van der Waals surface area (Å²) >= 11 is 1.19. The lowest BCUT2D eigenvalue weighted by atomic mass is 10.1. The lowest BCUT2D eigenvalue weighted by Crippen LogP contribution is -2.35. The Bertz CT molecular complexity index is 671. The Hall–Kier alpha value is -1.83. The van der Waals surface area contributed by atoms with Crippen LogP contribution in [0.25, 0.3) is 0 Å². The summed E-state index contributed by atoms with van der Waals surface area (Å²) in [7, 11) is 0. The average molecular weight is 334 g/mol. The van der Waals surface area contributed by atoms with Crippen molar-refractivity contribution < 1.29 is 4.79 Å². The SMILES string of the molecule is Cc1nsnc1Cn1nnc(C(=O)NC2CCCCCC2)c1C. The van der Waals surface area contributed by atoms with E-state index in [1.54, 1.807) is 4.68 Å². The van der Waals surface area contributed by atoms with Crippen molar-refractivity contribution in [3.63, 3.8) is 0 Å². The van der Waals surface area contributed by atoms with Gasteiger partial charge in [0.05, 0.1) is 35.4 Å². The van der Waals surface area contributed by atoms with Crippen molar-refractivity contribution in [2.24, 2.45) is 0 Å². The molecule has 0 atom stereocenters. The van der Waals surface area contributed by atoms with Crippen LogP contribution in [0, 0.1) is 13.8 Å². The summed E-state index contributed by atoms with van der Waals surface area (Å²) in [6.45, 7) is 4.29. The second-order valence-electron chi connectivity index (χ2n) is 6.14. The molecule has 2 aromatic heterocycles. The summed E-state index contributed by atoms with van der Waals surface area (Å²) in [5.41, 5.74) is 2.95. The highest BCUT2D eigenvalue weighted by molar-refractivity contribution is 6.99. The van der Waals surface area contributed by atoms with Crippen LogP contribution < -0.4 is 5.32 Å². The average Bonchev–Trinajstić information content (AvgIpc) is 2.99. The molecule has 1 N–H and O–H groups in total. The van der Waals surface area contributed by atoms with Gasteiger partial charge in [-0.2, -0.15) is 8.75 Å². The topological polar surface area (TPSA) is 85.6 Å². The summed E-state index contributed by atoms with van der Waals surface area (Å²) in [6, 6.07) is 0.263. The summed E-state index contributed by atoms with van der Waals surface area (Å²) in [4.78, 5) is 12.5. The number of carbonyl (C=O) groups is 1. The van der Waals surface area contributed by atoms with Gasteiger partial charge < -0.3 is 5.32 Å². The second kappa shape index (κ2) is 7.16. The maximum atomic E-state index is 12.5. The molecule has 1 amide bonds. The molecule has 0 saturated heterocycles. The largest absolute Gasteiger partial charge is 0.348 e. The Morgan fingerprint density at radius 2 is 1.96 bits per heavy atom. The molecule has 23 heavy (non-hydrogen) atoms. The maximum absolute atomic E-state index is 12.5. The number of hydrogen-bond acceptors (Lipinski definition) is 6. The number of aromatic nitrogens is 5. The molecule has 3 rings (SSSR count). The zero-order chi connectivity index (χ0) is 16.2. The first kappa shape index (κ1) is 16.0. The Morgan fingerprint density at radius 1 is 1.22 bits per heavy atom. The van der Waals surface area contributed by atoms with E-state index in [1.807, 2.05) is 13.8 Å². The number of nitrogens with zero attached hydrogens (tertiary/aromatic N) is 5. The van der Waals surface area contributed by atoms with Crippen molar-refractivity contribution in [3.05, 3.63) is 22.8 Å². The first-order valence-corrected chi connectivity index (χ1v) is 8.87. The molecule has 1 aliphatic carbocycles. The van der Waals surface area contributed by atoms with E-state index in [4.69, 9.17) is 0 Å². The molecule has 124 valence electrons. The minimum Gasteiger partial charge on any atom is -0.348 e. The minimum absolute atomic E-state index is 0.117. The molecule has 1 aliphatic rings. The smallest absolute Gasteiger partial charge is 0.273 e. The fourth-order valence-corrected chi connectivity index (χ4v) is 3.49. The van der Waals surface area contributed by atoms with Crippen molar-refractivity contribution in [3.8, 4) is 0 Å². The van der Waals surface area contributed by atoms with Gasteiger partial charge in [-0.05, 0) is 26.7 Å². The van der Waals surface area contributed by atoms with Gasteiger partial charge >= 0.3 is 0 Å². The standard InChI is InChI=1S/C15H22N6OS/c1-10-13(19-23-18-10)9-21-11(2)14(17-20-21)15(22)16-12-7-5-3-4-6-8-12/h12H,3-9H2,1-2H3,(H,16,22). The molecule has 2 aromatic rings. The Labute approximate surface area is 139 Å². The normalized spacial score (nSPS) is 16.3. The molecule has 0 aromatic carbocycles. The first-order chi connectivity index (χ1) is 11.1. The number of nitrogens with one attached hydrogen (secondary N) is 1. The molecule has 2 heterocycles. The van der Waals surface area contributed by atoms with E-state index in [-0.39, 0.29) is 11.9 Å². The van der Waals surface area contributed by atoms with Gasteiger partial charge in [-0.3, -0.25) is 4.79 Å². The molecule has 8 heteroatoms. The fraction of sp³-hybridized carbons (Fsp3) is 0.667. The number of amides is 1. The van der Waals surface area contributed by atoms with Crippen LogP contribution in [0.2, 0.25) is 0 Å². The Morgan fingerprint density at radius 3 is 2.61 bits per heavy atom. The van der Waals surface area contributed by atoms with E-state index in [1.165, 1.54) is 37.4 Å². The highest BCUT2D eigenvalue weighted by Gasteiger charge is 2.21. The van der Waals surface area contributed by atoms with Crippen molar-refractivity contribution in [1.29, 1.82) is 0 Å². The maximum Gasteiger partial charge on any atom is 0.273 e. The van der Waals surface area contributed by atoms with Gasteiger partial charge in [0.1, 0.15) is 0 Å². The molecule has 0 bridgehead atoms. The van der Waals surface area contributed by atoms with Gasteiger partial charge in [0, 0.05) is 6.04 Å². The zero-order valence-electron chi connectivity index (χ0n) is 13.6. The van der Waals surface area contributed by atoms with Crippen molar-refractivity contribution in [2.45, 2.75) is 65.0 Å². The second-order valence-corrected chi connectivity index (χ2v) is 6.67. The van der Waals surface area contributed by atoms with Crippen LogP contribution in [0.1, 0.15) is 66.1 Å². The fourth-order valence-electron chi connectivity index (χ4n) is 2.93. The van der Waals surface area contributed by atoms with Gasteiger partial charge in [-0.1, -0.05) is 30.9 Å². The lowest BCUT2D eigenvalue weighted by molar-refractivity contribution is 0.0927. The predicted octanol–water partition coefficient (Wildman–Crippen LogP) is 2.25. The summed E-state index contributed by atoms with van der Waals surface area (Å²) in [6.07, 6.45) is 7.02. The number of hydrogen-bond donors (Lipinski definition) is 1. The summed E-state index contributed by atoms with van der Waals surface area (Å²) in [5, 5.41) is 11.3. The third-order valence-electron chi connectivity index (χ3n) is 4.43. The molecule has 7 nitrogen and oxygen atoms in total. The number of aryl methyl sites for hydroxylation is 1. The van der Waals surface area contributed by atoms with Crippen molar-refractivity contribution >= 4 is 17.6 Å². The highest BCUT2D eigenvalue weighted by Crippen LogP contribution is 2.18. The van der Waals surface area contributed by atoms with Crippen LogP contribution in [0.3, 0.4) is 0 Å². The van der Waals surface area contributed by atoms with E-state index < -0.39 is 0 Å². The Kier molecular flexibility index (Phi) is 5.00. The van der Waals surface area contributed by atoms with Crippen molar-refractivity contribution in [1.82, 2.24) is 29.1 Å². The van der Waals surface area contributed by atoms with E-state index in [0.29, 0.717) is 12.2 Å². The summed E-state index contributed by atoms with van der Waals surface area (Å²) < 4.78 is 10.1. The van der Waals surface area contributed by atoms with Gasteiger partial charge in [0.2, 0.25) is 0 Å². The minimum atomic E-state index is -0.117. The highest BCUT2D eigenvalue weighted by atomic mass is 32.1. The molecule has 0 spiro atoms. The van der Waals surface area contributed by atoms with Crippen LogP contribution in [-0.4, -0.2) is 35.7 Å². The lowest BCUT2D eigenvalue weighted by Gasteiger charge is -2.15. The van der Waals surface area contributed by atoms with Crippen LogP contribution >= 0.6 is 11.7 Å². The first-order valence-electron chi connectivity index (χ1n) is 8.14. The summed E-state index contributed by atoms with van der Waals surface area (Å²) in [5.74, 6) is -0.117. The third kappa shape index (κ3) is 3.74. The van der Waals surface area contributed by atoms with Gasteiger partial charge in [-0.25, -0.2) is 4.68 Å². The predicted molar refractivity (Wildman–Crippen MR) is 87.5 cm³/mol. The van der Waals surface area contributed by atoms with Gasteiger partial charge in [0.25, 0.3) is 5.91 Å². The van der Waals surface area contributed by atoms with E-state index in [9.17, 15) is 4.79 Å². The molecule has 0 unspecified atom stereocenters. The number of carbonyl (C=O) groups excluding carboxylic acids is 1. The monoisotopic (exact) mass is 334 g/mol. The van der Waals surface area contributed by atoms with Crippen molar-refractivity contribution in [2.75, 3.05) is 0 Å². The molecule has 0 aliphatic heterocycles. The molecule has 1 fully saturated rings. The van der Waals surface area contributed by atoms with E-state index in [2.05, 4.69) is 24.4 Å². The van der Waals surface area contributed by atoms with Crippen LogP contribution in [0.15, 0.2) is 0 Å². The van der Waals surface area contributed by atoms with Crippen LogP contribution in [0.5, 0.6) is 0 Å².